The van der Waals surface area contributed by atoms with E-state index in [0.717, 1.165) is 5.75 Å². The van der Waals surface area contributed by atoms with Gasteiger partial charge in [0.25, 0.3) is 0 Å². The number of carbonyl (C=O) groups is 2. The van der Waals surface area contributed by atoms with Crippen LogP contribution in [0.5, 0.6) is 5.75 Å². The molecule has 1 aliphatic heterocycles. The Balaban J connectivity index is 1.70. The van der Waals surface area contributed by atoms with E-state index in [0.29, 0.717) is 13.0 Å². The number of rotatable bonds is 5. The highest BCUT2D eigenvalue weighted by molar-refractivity contribution is 5.76. The highest BCUT2D eigenvalue weighted by Crippen LogP contribution is 2.12. The van der Waals surface area contributed by atoms with E-state index in [2.05, 4.69) is 5.32 Å². The monoisotopic (exact) mass is 306 g/mol. The second-order valence-electron chi connectivity index (χ2n) is 5.41. The minimum absolute atomic E-state index is 0.0555. The lowest BCUT2D eigenvalue weighted by molar-refractivity contribution is -0.133. The van der Waals surface area contributed by atoms with Crippen molar-refractivity contribution in [3.05, 3.63) is 30.3 Å². The van der Waals surface area contributed by atoms with Crippen molar-refractivity contribution >= 4 is 11.8 Å². The van der Waals surface area contributed by atoms with Gasteiger partial charge in [0.05, 0.1) is 25.2 Å². The summed E-state index contributed by atoms with van der Waals surface area (Å²) in [4.78, 5) is 24.7. The van der Waals surface area contributed by atoms with Crippen LogP contribution in [0.1, 0.15) is 19.8 Å². The van der Waals surface area contributed by atoms with Gasteiger partial charge in [-0.2, -0.15) is 0 Å². The molecule has 2 rings (SSSR count). The molecule has 0 spiro atoms. The molecule has 22 heavy (non-hydrogen) atoms. The van der Waals surface area contributed by atoms with E-state index in [9.17, 15) is 14.7 Å². The van der Waals surface area contributed by atoms with E-state index in [-0.39, 0.29) is 37.4 Å². The molecule has 1 heterocycles. The van der Waals surface area contributed by atoms with Gasteiger partial charge in [-0.25, -0.2) is 0 Å². The van der Waals surface area contributed by atoms with Gasteiger partial charge >= 0.3 is 0 Å². The number of benzene rings is 1. The lowest BCUT2D eigenvalue weighted by Gasteiger charge is -2.35. The Morgan fingerprint density at radius 1 is 1.36 bits per heavy atom. The van der Waals surface area contributed by atoms with Gasteiger partial charge in [0.1, 0.15) is 5.75 Å². The Hall–Kier alpha value is -2.08. The lowest BCUT2D eigenvalue weighted by atomic mass is 10.0. The van der Waals surface area contributed by atoms with Crippen LogP contribution in [0.3, 0.4) is 0 Å². The molecule has 1 aliphatic rings. The van der Waals surface area contributed by atoms with E-state index in [4.69, 9.17) is 4.74 Å². The number of ether oxygens (including phenoxy) is 1. The molecule has 1 saturated heterocycles. The Labute approximate surface area is 130 Å². The van der Waals surface area contributed by atoms with Crippen LogP contribution in [0.2, 0.25) is 0 Å². The van der Waals surface area contributed by atoms with Crippen molar-refractivity contribution in [3.8, 4) is 5.75 Å². The summed E-state index contributed by atoms with van der Waals surface area (Å²) in [6, 6.07) is 9.00. The molecule has 0 unspecified atom stereocenters. The number of amides is 2. The fourth-order valence-corrected chi connectivity index (χ4v) is 2.44. The second kappa shape index (κ2) is 7.79. The van der Waals surface area contributed by atoms with Crippen LogP contribution in [-0.2, 0) is 9.59 Å². The maximum atomic E-state index is 11.9. The van der Waals surface area contributed by atoms with Gasteiger partial charge < -0.3 is 20.1 Å². The molecule has 1 aromatic carbocycles. The van der Waals surface area contributed by atoms with Crippen molar-refractivity contribution in [1.29, 1.82) is 0 Å². The number of nitrogens with one attached hydrogen (secondary N) is 1. The molecule has 1 fully saturated rings. The molecular weight excluding hydrogens is 284 g/mol. The van der Waals surface area contributed by atoms with Crippen LogP contribution in [0, 0.1) is 0 Å². The molecule has 0 aliphatic carbocycles. The first kappa shape index (κ1) is 16.3. The van der Waals surface area contributed by atoms with Crippen molar-refractivity contribution in [3.63, 3.8) is 0 Å². The van der Waals surface area contributed by atoms with E-state index in [1.807, 2.05) is 30.3 Å². The van der Waals surface area contributed by atoms with Crippen LogP contribution >= 0.6 is 0 Å². The van der Waals surface area contributed by atoms with Crippen molar-refractivity contribution < 1.29 is 19.4 Å². The predicted molar refractivity (Wildman–Crippen MR) is 81.4 cm³/mol. The molecule has 0 aromatic heterocycles. The topological polar surface area (TPSA) is 78.9 Å². The predicted octanol–water partition coefficient (Wildman–Crippen LogP) is 0.553. The highest BCUT2D eigenvalue weighted by Gasteiger charge is 2.29. The smallest absolute Gasteiger partial charge is 0.223 e. The van der Waals surface area contributed by atoms with E-state index in [1.165, 1.54) is 6.92 Å². The number of hydrogen-bond donors (Lipinski definition) is 2. The quantitative estimate of drug-likeness (QED) is 0.833. The van der Waals surface area contributed by atoms with E-state index in [1.54, 1.807) is 4.90 Å². The van der Waals surface area contributed by atoms with Crippen molar-refractivity contribution in [2.45, 2.75) is 31.9 Å². The standard InChI is InChI=1S/C16H22N2O4/c1-12(19)18-9-7-14(15(20)11-18)17-16(21)8-10-22-13-5-3-2-4-6-13/h2-6,14-15,20H,7-11H2,1H3,(H,17,21)/t14-,15-/m1/s1. The maximum Gasteiger partial charge on any atom is 0.223 e. The van der Waals surface area contributed by atoms with Crippen molar-refractivity contribution in [2.75, 3.05) is 19.7 Å². The first-order chi connectivity index (χ1) is 10.6. The fraction of sp³-hybridized carbons (Fsp3) is 0.500. The third-order valence-corrected chi connectivity index (χ3v) is 3.71. The van der Waals surface area contributed by atoms with Crippen LogP contribution in [-0.4, -0.2) is 53.7 Å². The second-order valence-corrected chi connectivity index (χ2v) is 5.41. The van der Waals surface area contributed by atoms with Crippen LogP contribution < -0.4 is 10.1 Å². The summed E-state index contributed by atoms with van der Waals surface area (Å²) in [7, 11) is 0. The number of likely N-dealkylation sites (tertiary alicyclic amines) is 1. The lowest BCUT2D eigenvalue weighted by Crippen LogP contribution is -2.55. The largest absolute Gasteiger partial charge is 0.493 e. The summed E-state index contributed by atoms with van der Waals surface area (Å²) in [6.07, 6.45) is 0.0669. The highest BCUT2D eigenvalue weighted by atomic mass is 16.5. The number of aliphatic hydroxyl groups is 1. The number of nitrogens with zero attached hydrogens (tertiary/aromatic N) is 1. The minimum Gasteiger partial charge on any atom is -0.493 e. The number of piperidine rings is 1. The molecule has 6 nitrogen and oxygen atoms in total. The zero-order valence-electron chi connectivity index (χ0n) is 12.7. The minimum atomic E-state index is -0.725. The fourth-order valence-electron chi connectivity index (χ4n) is 2.44. The number of para-hydroxylation sites is 1. The molecule has 0 bridgehead atoms. The van der Waals surface area contributed by atoms with Gasteiger partial charge in [-0.3, -0.25) is 9.59 Å². The molecular formula is C16H22N2O4. The van der Waals surface area contributed by atoms with Crippen molar-refractivity contribution in [1.82, 2.24) is 10.2 Å². The molecule has 2 amide bonds. The first-order valence-corrected chi connectivity index (χ1v) is 7.47. The summed E-state index contributed by atoms with van der Waals surface area (Å²) in [5.74, 6) is 0.515. The Bertz CT molecular complexity index is 506. The molecule has 2 atom stereocenters. The molecule has 2 N–H and O–H groups in total. The van der Waals surface area contributed by atoms with E-state index >= 15 is 0 Å². The van der Waals surface area contributed by atoms with Gasteiger partial charge in [0.2, 0.25) is 11.8 Å². The van der Waals surface area contributed by atoms with Crippen LogP contribution in [0.4, 0.5) is 0 Å². The summed E-state index contributed by atoms with van der Waals surface area (Å²) in [5.41, 5.74) is 0. The summed E-state index contributed by atoms with van der Waals surface area (Å²) < 4.78 is 5.46. The average molecular weight is 306 g/mol. The zero-order valence-corrected chi connectivity index (χ0v) is 12.7. The van der Waals surface area contributed by atoms with Crippen LogP contribution in [0.15, 0.2) is 30.3 Å². The third kappa shape index (κ3) is 4.73. The number of carbonyl (C=O) groups excluding carboxylic acids is 2. The summed E-state index contributed by atoms with van der Waals surface area (Å²) >= 11 is 0. The average Bonchev–Trinajstić information content (AvgIpc) is 2.50. The van der Waals surface area contributed by atoms with Gasteiger partial charge in [-0.15, -0.1) is 0 Å². The van der Waals surface area contributed by atoms with Crippen LogP contribution in [0.25, 0.3) is 0 Å². The number of hydrogen-bond acceptors (Lipinski definition) is 4. The number of aliphatic hydroxyl groups excluding tert-OH is 1. The molecule has 6 heteroatoms. The van der Waals surface area contributed by atoms with Gasteiger partial charge in [-0.05, 0) is 18.6 Å². The SMILES string of the molecule is CC(=O)N1CC[C@@H](NC(=O)CCOc2ccccc2)[C@H](O)C1. The Morgan fingerprint density at radius 2 is 2.09 bits per heavy atom. The normalized spacial score (nSPS) is 21.3. The summed E-state index contributed by atoms with van der Waals surface area (Å²) in [5, 5.41) is 12.8. The molecule has 1 aromatic rings. The Morgan fingerprint density at radius 3 is 2.73 bits per heavy atom. The summed E-state index contributed by atoms with van der Waals surface area (Å²) in [6.45, 7) is 2.59. The van der Waals surface area contributed by atoms with Gasteiger partial charge in [0.15, 0.2) is 0 Å². The maximum absolute atomic E-state index is 11.9. The Kier molecular flexibility index (Phi) is 5.77. The zero-order chi connectivity index (χ0) is 15.9. The van der Waals surface area contributed by atoms with Gasteiger partial charge in [0, 0.05) is 20.0 Å². The molecule has 120 valence electrons. The van der Waals surface area contributed by atoms with Gasteiger partial charge in [-0.1, -0.05) is 18.2 Å². The first-order valence-electron chi connectivity index (χ1n) is 7.47. The third-order valence-electron chi connectivity index (χ3n) is 3.71. The molecule has 0 saturated carbocycles. The number of β-amino-alcohol motifs (C(OH)–C–C–N with tert-alkyl or cyclic N) is 1. The van der Waals surface area contributed by atoms with E-state index < -0.39 is 6.10 Å². The van der Waals surface area contributed by atoms with Crippen molar-refractivity contribution in [2.24, 2.45) is 0 Å². The molecule has 0 radical (unpaired) electrons.